The van der Waals surface area contributed by atoms with Gasteiger partial charge in [-0.1, -0.05) is 6.07 Å². The molecule has 0 spiro atoms. The highest BCUT2D eigenvalue weighted by atomic mass is 16.6. The van der Waals surface area contributed by atoms with Crippen LogP contribution in [-0.4, -0.2) is 71.6 Å². The number of pyridine rings is 2. The Bertz CT molecular complexity index is 1350. The number of nitrogens with one attached hydrogen (secondary N) is 3. The van der Waals surface area contributed by atoms with Crippen molar-refractivity contribution in [3.05, 3.63) is 36.0 Å². The summed E-state index contributed by atoms with van der Waals surface area (Å²) < 4.78 is 17.1. The highest BCUT2D eigenvalue weighted by molar-refractivity contribution is 5.83. The summed E-state index contributed by atoms with van der Waals surface area (Å²) >= 11 is 0. The van der Waals surface area contributed by atoms with Crippen LogP contribution in [0.2, 0.25) is 0 Å². The topological polar surface area (TPSA) is 130 Å². The van der Waals surface area contributed by atoms with Crippen LogP contribution in [0.5, 0.6) is 0 Å². The van der Waals surface area contributed by atoms with Gasteiger partial charge < -0.3 is 30.2 Å². The number of hydrogen-bond acceptors (Lipinski definition) is 10. The molecule has 0 unspecified atom stereocenters. The Balaban J connectivity index is 1.10. The lowest BCUT2D eigenvalue weighted by Gasteiger charge is -2.32. The summed E-state index contributed by atoms with van der Waals surface area (Å²) in [4.78, 5) is 22.1. The van der Waals surface area contributed by atoms with Crippen LogP contribution in [0.4, 0.5) is 11.6 Å². The van der Waals surface area contributed by atoms with E-state index >= 15 is 0 Å². The fourth-order valence-electron chi connectivity index (χ4n) is 6.15. The Kier molecular flexibility index (Phi) is 10.3. The van der Waals surface area contributed by atoms with E-state index in [-0.39, 0.29) is 12.0 Å². The first-order valence-electron chi connectivity index (χ1n) is 16.6. The quantitative estimate of drug-likeness (QED) is 0.252. The Morgan fingerprint density at radius 3 is 2.49 bits per heavy atom. The van der Waals surface area contributed by atoms with Crippen molar-refractivity contribution in [2.75, 3.05) is 37.0 Å². The fraction of sp³-hybridized carbons (Fsp3) is 0.657. The Hall–Kier alpha value is -3.26. The van der Waals surface area contributed by atoms with Gasteiger partial charge in [0, 0.05) is 49.6 Å². The summed E-state index contributed by atoms with van der Waals surface area (Å²) in [5, 5.41) is 20.6. The lowest BCUT2D eigenvalue weighted by molar-refractivity contribution is -0.172. The maximum atomic E-state index is 12.6. The highest BCUT2D eigenvalue weighted by Gasteiger charge is 2.54. The van der Waals surface area contributed by atoms with Gasteiger partial charge in [-0.15, -0.1) is 0 Å². The molecule has 3 aliphatic rings. The smallest absolute Gasteiger partial charge is 0.338 e. The molecule has 2 aromatic heterocycles. The van der Waals surface area contributed by atoms with Crippen molar-refractivity contribution in [3.63, 3.8) is 0 Å². The van der Waals surface area contributed by atoms with Crippen LogP contribution in [0, 0.1) is 23.7 Å². The van der Waals surface area contributed by atoms with Crippen molar-refractivity contribution in [1.29, 1.82) is 5.26 Å². The molecular weight excluding hydrogens is 568 g/mol. The highest BCUT2D eigenvalue weighted by Crippen LogP contribution is 2.42. The zero-order valence-electron chi connectivity index (χ0n) is 27.6. The molecule has 10 heteroatoms. The van der Waals surface area contributed by atoms with E-state index in [4.69, 9.17) is 19.2 Å². The number of aryl methyl sites for hydroxylation is 1. The number of hydrogen-bond donors (Lipinski definition) is 3. The van der Waals surface area contributed by atoms with Crippen LogP contribution in [0.3, 0.4) is 0 Å². The summed E-state index contributed by atoms with van der Waals surface area (Å²) in [7, 11) is 0. The number of carbonyl (C=O) groups is 1. The van der Waals surface area contributed by atoms with Gasteiger partial charge in [-0.3, -0.25) is 0 Å². The van der Waals surface area contributed by atoms with E-state index in [1.54, 1.807) is 0 Å². The van der Waals surface area contributed by atoms with Gasteiger partial charge in [0.1, 0.15) is 17.2 Å². The molecule has 0 radical (unpaired) electrons. The third kappa shape index (κ3) is 8.93. The molecule has 10 nitrogen and oxygen atoms in total. The average molecular weight is 619 g/mol. The SMILES string of the molecule is Cc1cnc(N[C@H]2CC[C@H](N[C@H](C)COC3(C(=O)OC(C)(C)C)CC3)CC2)cc1-c1cccc(NCC2(C#N)CCOCC2)n1. The molecule has 0 amide bonds. The third-order valence-corrected chi connectivity index (χ3v) is 9.11. The molecule has 3 heterocycles. The fourth-order valence-corrected chi connectivity index (χ4v) is 6.15. The average Bonchev–Trinajstić information content (AvgIpc) is 3.82. The second-order valence-corrected chi connectivity index (χ2v) is 14.2. The molecule has 0 bridgehead atoms. The van der Waals surface area contributed by atoms with Crippen molar-refractivity contribution < 1.29 is 19.0 Å². The van der Waals surface area contributed by atoms with E-state index in [0.29, 0.717) is 38.4 Å². The van der Waals surface area contributed by atoms with Gasteiger partial charge in [0.15, 0.2) is 5.60 Å². The second kappa shape index (κ2) is 14.0. The van der Waals surface area contributed by atoms with Gasteiger partial charge in [-0.25, -0.2) is 14.8 Å². The van der Waals surface area contributed by atoms with Crippen LogP contribution in [0.1, 0.15) is 84.6 Å². The van der Waals surface area contributed by atoms with Crippen LogP contribution >= 0.6 is 0 Å². The number of rotatable bonds is 12. The molecular formula is C35H50N6O4. The Morgan fingerprint density at radius 1 is 1.11 bits per heavy atom. The minimum absolute atomic E-state index is 0.153. The summed E-state index contributed by atoms with van der Waals surface area (Å²) in [6.45, 7) is 12.1. The summed E-state index contributed by atoms with van der Waals surface area (Å²) in [5.74, 6) is 1.39. The van der Waals surface area contributed by atoms with E-state index in [1.165, 1.54) is 0 Å². The first-order chi connectivity index (χ1) is 21.5. The van der Waals surface area contributed by atoms with Gasteiger partial charge in [0.25, 0.3) is 0 Å². The molecule has 2 aromatic rings. The molecule has 5 rings (SSSR count). The zero-order valence-corrected chi connectivity index (χ0v) is 27.6. The number of anilines is 2. The number of nitrogens with zero attached hydrogens (tertiary/aromatic N) is 3. The minimum atomic E-state index is -0.747. The molecule has 244 valence electrons. The Labute approximate surface area is 268 Å². The molecule has 3 fully saturated rings. The van der Waals surface area contributed by atoms with E-state index in [0.717, 1.165) is 79.8 Å². The number of carbonyl (C=O) groups excluding carboxylic acids is 1. The van der Waals surface area contributed by atoms with Gasteiger partial charge in [-0.2, -0.15) is 5.26 Å². The van der Waals surface area contributed by atoms with Gasteiger partial charge in [0.2, 0.25) is 0 Å². The maximum absolute atomic E-state index is 12.6. The van der Waals surface area contributed by atoms with Crippen molar-refractivity contribution in [3.8, 4) is 17.3 Å². The van der Waals surface area contributed by atoms with E-state index in [9.17, 15) is 10.1 Å². The molecule has 1 atom stereocenters. The van der Waals surface area contributed by atoms with Crippen LogP contribution < -0.4 is 16.0 Å². The monoisotopic (exact) mass is 618 g/mol. The second-order valence-electron chi connectivity index (χ2n) is 14.2. The number of aromatic nitrogens is 2. The lowest BCUT2D eigenvalue weighted by Crippen LogP contribution is -2.44. The minimum Gasteiger partial charge on any atom is -0.458 e. The maximum Gasteiger partial charge on any atom is 0.338 e. The lowest BCUT2D eigenvalue weighted by atomic mass is 9.82. The molecule has 3 N–H and O–H groups in total. The van der Waals surface area contributed by atoms with Crippen LogP contribution in [0.25, 0.3) is 11.3 Å². The van der Waals surface area contributed by atoms with E-state index in [2.05, 4.69) is 46.9 Å². The summed E-state index contributed by atoms with van der Waals surface area (Å²) in [6, 6.07) is 11.5. The first kappa shape index (κ1) is 33.1. The summed E-state index contributed by atoms with van der Waals surface area (Å²) in [5.41, 5.74) is 1.32. The zero-order chi connectivity index (χ0) is 32.1. The van der Waals surface area contributed by atoms with Gasteiger partial charge >= 0.3 is 5.97 Å². The Morgan fingerprint density at radius 2 is 1.82 bits per heavy atom. The van der Waals surface area contributed by atoms with Crippen LogP contribution in [-0.2, 0) is 19.0 Å². The van der Waals surface area contributed by atoms with E-state index < -0.39 is 16.6 Å². The largest absolute Gasteiger partial charge is 0.458 e. The number of esters is 1. The summed E-state index contributed by atoms with van der Waals surface area (Å²) in [6.07, 6.45) is 9.04. The molecule has 2 saturated carbocycles. The predicted molar refractivity (Wildman–Crippen MR) is 175 cm³/mol. The molecule has 45 heavy (non-hydrogen) atoms. The molecule has 1 aliphatic heterocycles. The molecule has 2 aliphatic carbocycles. The van der Waals surface area contributed by atoms with Crippen LogP contribution in [0.15, 0.2) is 30.5 Å². The van der Waals surface area contributed by atoms with E-state index in [1.807, 2.05) is 45.2 Å². The first-order valence-corrected chi connectivity index (χ1v) is 16.6. The van der Waals surface area contributed by atoms with Crippen molar-refractivity contribution in [1.82, 2.24) is 15.3 Å². The number of nitriles is 1. The van der Waals surface area contributed by atoms with Crippen molar-refractivity contribution in [2.45, 2.75) is 115 Å². The number of ether oxygens (including phenoxy) is 3. The van der Waals surface area contributed by atoms with Gasteiger partial charge in [-0.05, 0) is 110 Å². The van der Waals surface area contributed by atoms with Crippen molar-refractivity contribution >= 4 is 17.6 Å². The molecule has 1 saturated heterocycles. The normalized spacial score (nSPS) is 22.9. The van der Waals surface area contributed by atoms with Gasteiger partial charge in [0.05, 0.1) is 23.8 Å². The molecule has 0 aromatic carbocycles. The van der Waals surface area contributed by atoms with Crippen molar-refractivity contribution in [2.24, 2.45) is 5.41 Å². The predicted octanol–water partition coefficient (Wildman–Crippen LogP) is 5.78. The third-order valence-electron chi connectivity index (χ3n) is 9.11. The standard InChI is InChI=1S/C35H50N6O4/c1-24-20-37-31(19-28(24)29-7-6-8-30(41-29)38-23-34(22-36)15-17-43-18-16-34)40-27-11-9-26(10-12-27)39-25(2)21-44-35(13-14-35)32(42)45-33(3,4)5/h6-8,19-20,25-27,39H,9-18,21,23H2,1-5H3,(H,37,40)(H,38,41)/t25-,26-,27-/m1/s1.